The summed E-state index contributed by atoms with van der Waals surface area (Å²) in [6.45, 7) is 3.18. The molecule has 0 aliphatic carbocycles. The minimum atomic E-state index is -0.0964. The number of nitrogens with zero attached hydrogens (tertiary/aromatic N) is 1. The minimum absolute atomic E-state index is 0.0964. The summed E-state index contributed by atoms with van der Waals surface area (Å²) < 4.78 is 0.661. The zero-order chi connectivity index (χ0) is 13.8. The molecule has 2 atom stereocenters. The topological polar surface area (TPSA) is 40.5 Å². The summed E-state index contributed by atoms with van der Waals surface area (Å²) in [5.74, 6) is 0.160. The van der Waals surface area contributed by atoms with Crippen molar-refractivity contribution in [3.8, 4) is 0 Å². The Morgan fingerprint density at radius 3 is 3.05 bits per heavy atom. The van der Waals surface area contributed by atoms with Gasteiger partial charge in [-0.3, -0.25) is 9.69 Å². The van der Waals surface area contributed by atoms with Crippen molar-refractivity contribution in [2.45, 2.75) is 44.7 Å². The van der Waals surface area contributed by atoms with Gasteiger partial charge >= 0.3 is 0 Å². The first kappa shape index (κ1) is 15.0. The van der Waals surface area contributed by atoms with Gasteiger partial charge in [0.1, 0.15) is 0 Å². The molecule has 106 valence electrons. The number of likely N-dealkylation sites (tertiary alicyclic amines) is 1. The van der Waals surface area contributed by atoms with Gasteiger partial charge < -0.3 is 5.11 Å². The Morgan fingerprint density at radius 1 is 1.63 bits per heavy atom. The maximum Gasteiger partial charge on any atom is 0.189 e. The van der Waals surface area contributed by atoms with Crippen molar-refractivity contribution < 1.29 is 9.90 Å². The van der Waals surface area contributed by atoms with Gasteiger partial charge in [0.15, 0.2) is 5.78 Å². The van der Waals surface area contributed by atoms with Crippen LogP contribution in [0.4, 0.5) is 0 Å². The van der Waals surface area contributed by atoms with Crippen LogP contribution in [-0.2, 0) is 0 Å². The van der Waals surface area contributed by atoms with Gasteiger partial charge in [0.2, 0.25) is 0 Å². The number of aliphatic hydroxyl groups excluding tert-OH is 1. The first-order chi connectivity index (χ1) is 9.13. The molecule has 0 aromatic carbocycles. The molecule has 0 spiro atoms. The fourth-order valence-corrected chi connectivity index (χ4v) is 3.87. The number of hydrogen-bond donors (Lipinski definition) is 1. The van der Waals surface area contributed by atoms with Crippen LogP contribution in [0.5, 0.6) is 0 Å². The van der Waals surface area contributed by atoms with Crippen LogP contribution in [0.3, 0.4) is 0 Å². The fraction of sp³-hybridized carbons (Fsp3) is 0.643. The summed E-state index contributed by atoms with van der Waals surface area (Å²) in [7, 11) is 0. The molecule has 5 heteroatoms. The molecule has 2 heterocycles. The molecule has 0 saturated carbocycles. The van der Waals surface area contributed by atoms with Crippen LogP contribution in [0.2, 0.25) is 4.34 Å². The molecule has 3 nitrogen and oxygen atoms in total. The molecule has 19 heavy (non-hydrogen) atoms. The summed E-state index contributed by atoms with van der Waals surface area (Å²) in [5, 5.41) is 8.94. The van der Waals surface area contributed by atoms with E-state index in [1.165, 1.54) is 11.3 Å². The first-order valence-electron chi connectivity index (χ1n) is 6.79. The highest BCUT2D eigenvalue weighted by atomic mass is 35.5. The number of aliphatic hydroxyl groups is 1. The van der Waals surface area contributed by atoms with Gasteiger partial charge in [-0.05, 0) is 51.3 Å². The van der Waals surface area contributed by atoms with Crippen LogP contribution >= 0.6 is 22.9 Å². The number of carbonyl (C=O) groups is 1. The van der Waals surface area contributed by atoms with Crippen molar-refractivity contribution in [2.24, 2.45) is 0 Å². The lowest BCUT2D eigenvalue weighted by Gasteiger charge is -2.29. The zero-order valence-corrected chi connectivity index (χ0v) is 12.7. The normalized spacial score (nSPS) is 21.7. The maximum atomic E-state index is 12.4. The molecule has 1 aliphatic rings. The molecule has 0 amide bonds. The van der Waals surface area contributed by atoms with E-state index in [1.807, 2.05) is 13.0 Å². The molecular weight excluding hydrogens is 282 g/mol. The lowest BCUT2D eigenvalue weighted by Crippen LogP contribution is -2.42. The van der Waals surface area contributed by atoms with Gasteiger partial charge in [-0.1, -0.05) is 11.6 Å². The molecule has 1 aromatic rings. The predicted molar refractivity (Wildman–Crippen MR) is 79.2 cm³/mol. The predicted octanol–water partition coefficient (Wildman–Crippen LogP) is 3.21. The van der Waals surface area contributed by atoms with E-state index in [2.05, 4.69) is 4.90 Å². The van der Waals surface area contributed by atoms with Crippen molar-refractivity contribution in [1.29, 1.82) is 0 Å². The zero-order valence-electron chi connectivity index (χ0n) is 11.1. The van der Waals surface area contributed by atoms with Crippen LogP contribution in [0, 0.1) is 0 Å². The Morgan fingerprint density at radius 2 is 2.42 bits per heavy atom. The quantitative estimate of drug-likeness (QED) is 0.820. The molecule has 1 N–H and O–H groups in total. The second-order valence-corrected chi connectivity index (χ2v) is 6.76. The van der Waals surface area contributed by atoms with Crippen molar-refractivity contribution in [1.82, 2.24) is 4.90 Å². The molecular formula is C14H20ClNO2S. The highest BCUT2D eigenvalue weighted by Gasteiger charge is 2.32. The molecule has 2 unspecified atom stereocenters. The summed E-state index contributed by atoms with van der Waals surface area (Å²) in [6, 6.07) is 3.92. The maximum absolute atomic E-state index is 12.4. The number of ketones is 1. The average Bonchev–Trinajstić information content (AvgIpc) is 3.03. The van der Waals surface area contributed by atoms with Crippen molar-refractivity contribution >= 4 is 28.7 Å². The van der Waals surface area contributed by atoms with E-state index in [-0.39, 0.29) is 18.4 Å². The Balaban J connectivity index is 2.01. The summed E-state index contributed by atoms with van der Waals surface area (Å²) >= 11 is 7.24. The van der Waals surface area contributed by atoms with Crippen molar-refractivity contribution in [3.63, 3.8) is 0 Å². The molecule has 1 fully saturated rings. The smallest absolute Gasteiger partial charge is 0.189 e. The van der Waals surface area contributed by atoms with E-state index in [0.717, 1.165) is 37.1 Å². The third-order valence-electron chi connectivity index (χ3n) is 3.81. The fourth-order valence-electron chi connectivity index (χ4n) is 2.81. The monoisotopic (exact) mass is 301 g/mol. The highest BCUT2D eigenvalue weighted by Crippen LogP contribution is 2.28. The third-order valence-corrected chi connectivity index (χ3v) is 5.06. The van der Waals surface area contributed by atoms with Gasteiger partial charge in [-0.15, -0.1) is 11.3 Å². The second-order valence-electron chi connectivity index (χ2n) is 5.04. The molecule has 0 radical (unpaired) electrons. The summed E-state index contributed by atoms with van der Waals surface area (Å²) in [4.78, 5) is 15.4. The molecule has 0 bridgehead atoms. The second kappa shape index (κ2) is 6.84. The molecule has 1 aliphatic heterocycles. The van der Waals surface area contributed by atoms with E-state index in [9.17, 15) is 4.79 Å². The van der Waals surface area contributed by atoms with Crippen LogP contribution in [0.15, 0.2) is 12.1 Å². The van der Waals surface area contributed by atoms with Gasteiger partial charge in [0.05, 0.1) is 15.3 Å². The lowest BCUT2D eigenvalue weighted by atomic mass is 10.1. The largest absolute Gasteiger partial charge is 0.396 e. The number of hydrogen-bond acceptors (Lipinski definition) is 4. The first-order valence-corrected chi connectivity index (χ1v) is 7.99. The summed E-state index contributed by atoms with van der Waals surface area (Å²) in [6.07, 6.45) is 4.05. The molecule has 1 saturated heterocycles. The van der Waals surface area contributed by atoms with Crippen molar-refractivity contribution in [3.05, 3.63) is 21.3 Å². The highest BCUT2D eigenvalue weighted by molar-refractivity contribution is 7.18. The third kappa shape index (κ3) is 3.57. The van der Waals surface area contributed by atoms with Crippen LogP contribution in [0.1, 0.15) is 42.3 Å². The number of rotatable bonds is 6. The van der Waals surface area contributed by atoms with Crippen molar-refractivity contribution in [2.75, 3.05) is 13.2 Å². The standard InChI is InChI=1S/C14H20ClNO2S/c1-10(14(18)12-6-7-13(15)19-12)16-8-2-4-11(16)5-3-9-17/h6-7,10-11,17H,2-5,8-9H2,1H3. The van der Waals surface area contributed by atoms with Crippen LogP contribution in [-0.4, -0.2) is 41.0 Å². The number of carbonyl (C=O) groups excluding carboxylic acids is 1. The van der Waals surface area contributed by atoms with E-state index in [1.54, 1.807) is 6.07 Å². The van der Waals surface area contributed by atoms with Gasteiger partial charge in [-0.2, -0.15) is 0 Å². The van der Waals surface area contributed by atoms with Gasteiger partial charge in [0.25, 0.3) is 0 Å². The Labute approximate surface area is 123 Å². The Bertz CT molecular complexity index is 435. The average molecular weight is 302 g/mol. The molecule has 1 aromatic heterocycles. The van der Waals surface area contributed by atoms with E-state index >= 15 is 0 Å². The van der Waals surface area contributed by atoms with Crippen LogP contribution in [0.25, 0.3) is 0 Å². The SMILES string of the molecule is CC(C(=O)c1ccc(Cl)s1)N1CCCC1CCCO. The molecule has 2 rings (SSSR count). The number of Topliss-reactive ketones (excluding diaryl/α,β-unsaturated/α-hetero) is 1. The van der Waals surface area contributed by atoms with E-state index in [0.29, 0.717) is 10.4 Å². The van der Waals surface area contributed by atoms with E-state index < -0.39 is 0 Å². The number of halogens is 1. The van der Waals surface area contributed by atoms with E-state index in [4.69, 9.17) is 16.7 Å². The Hall–Kier alpha value is -0.420. The van der Waals surface area contributed by atoms with Gasteiger partial charge in [0, 0.05) is 12.6 Å². The summed E-state index contributed by atoms with van der Waals surface area (Å²) in [5.41, 5.74) is 0. The van der Waals surface area contributed by atoms with Gasteiger partial charge in [-0.25, -0.2) is 0 Å². The lowest BCUT2D eigenvalue weighted by molar-refractivity contribution is 0.0813. The number of thiophene rings is 1. The minimum Gasteiger partial charge on any atom is -0.396 e. The Kier molecular flexibility index (Phi) is 5.39. The van der Waals surface area contributed by atoms with Crippen LogP contribution < -0.4 is 0 Å².